The summed E-state index contributed by atoms with van der Waals surface area (Å²) in [5, 5.41) is 146. The summed E-state index contributed by atoms with van der Waals surface area (Å²) in [5.74, 6) is -15.0. The lowest BCUT2D eigenvalue weighted by molar-refractivity contribution is 0.366. The molecule has 0 saturated heterocycles. The second kappa shape index (κ2) is 14.5. The summed E-state index contributed by atoms with van der Waals surface area (Å²) < 4.78 is -0.140. The van der Waals surface area contributed by atoms with E-state index in [4.69, 9.17) is 0 Å². The van der Waals surface area contributed by atoms with Crippen molar-refractivity contribution in [1.29, 1.82) is 0 Å². The minimum Gasteiger partial charge on any atom is -0.508 e. The third kappa shape index (κ3) is 5.95. The van der Waals surface area contributed by atoms with Gasteiger partial charge in [-0.15, -0.1) is 11.3 Å². The van der Waals surface area contributed by atoms with E-state index >= 15 is 0 Å². The number of aromatic hydroxyl groups is 13. The first-order valence-electron chi connectivity index (χ1n) is 18.6. The number of thiophene rings is 1. The lowest BCUT2D eigenvalue weighted by atomic mass is 9.90. The molecule has 9 rings (SSSR count). The molecule has 0 bridgehead atoms. The first kappa shape index (κ1) is 39.7. The lowest BCUT2D eigenvalue weighted by Crippen LogP contribution is -2.03. The fourth-order valence-corrected chi connectivity index (χ4v) is 8.80. The van der Waals surface area contributed by atoms with Crippen LogP contribution in [-0.2, 0) is 0 Å². The van der Waals surface area contributed by atoms with E-state index in [2.05, 4.69) is 15.0 Å². The molecule has 2 heterocycles. The van der Waals surface area contributed by atoms with Crippen molar-refractivity contribution in [3.8, 4) is 142 Å². The molecule has 0 radical (unpaired) electrons. The molecule has 0 spiro atoms. The zero-order valence-corrected chi connectivity index (χ0v) is 33.0. The van der Waals surface area contributed by atoms with Crippen LogP contribution in [0.4, 0.5) is 0 Å². The monoisotopic (exact) mass is 863 g/mol. The topological polar surface area (TPSA) is 302 Å². The van der Waals surface area contributed by atoms with E-state index in [1.165, 1.54) is 13.9 Å². The normalized spacial score (nSPS) is 11.4. The molecule has 0 aliphatic carbocycles. The Morgan fingerprint density at radius 2 is 0.730 bits per heavy atom. The fourth-order valence-electron chi connectivity index (χ4n) is 7.51. The zero-order valence-electron chi connectivity index (χ0n) is 32.2. The van der Waals surface area contributed by atoms with E-state index in [0.29, 0.717) is 22.5 Å². The van der Waals surface area contributed by atoms with Gasteiger partial charge in [-0.2, -0.15) is 0 Å². The molecule has 0 saturated carbocycles. The average molecular weight is 864 g/mol. The minimum atomic E-state index is -1.40. The van der Waals surface area contributed by atoms with Crippen molar-refractivity contribution in [2.45, 2.75) is 0 Å². The van der Waals surface area contributed by atoms with Gasteiger partial charge in [-0.05, 0) is 22.7 Å². The Balaban J connectivity index is 1.23. The highest BCUT2D eigenvalue weighted by atomic mass is 32.1. The van der Waals surface area contributed by atoms with E-state index in [0.717, 1.165) is 11.1 Å². The van der Waals surface area contributed by atoms with Gasteiger partial charge in [0.15, 0.2) is 75.0 Å². The molecule has 2 aromatic heterocycles. The Morgan fingerprint density at radius 3 is 1.24 bits per heavy atom. The molecule has 0 unspecified atom stereocenters. The first-order chi connectivity index (χ1) is 30.1. The molecule has 9 aromatic rings. The second-order valence-corrected chi connectivity index (χ2v) is 15.4. The highest BCUT2D eigenvalue weighted by Crippen LogP contribution is 2.65. The molecule has 7 aromatic carbocycles. The van der Waals surface area contributed by atoms with Crippen LogP contribution in [0.1, 0.15) is 0 Å². The molecule has 0 aliphatic heterocycles. The minimum absolute atomic E-state index is 0.0143. The van der Waals surface area contributed by atoms with Gasteiger partial charge >= 0.3 is 0 Å². The summed E-state index contributed by atoms with van der Waals surface area (Å²) in [6, 6.07) is 26.5. The predicted molar refractivity (Wildman–Crippen MR) is 235 cm³/mol. The maximum atomic E-state index is 11.5. The second-order valence-electron chi connectivity index (χ2n) is 14.4. The van der Waals surface area contributed by atoms with Gasteiger partial charge in [0.25, 0.3) is 0 Å². The highest BCUT2D eigenvalue weighted by molar-refractivity contribution is 7.26. The van der Waals surface area contributed by atoms with Crippen LogP contribution in [0.3, 0.4) is 0 Å². The van der Waals surface area contributed by atoms with Gasteiger partial charge < -0.3 is 66.4 Å². The average Bonchev–Trinajstić information content (AvgIpc) is 3.68. The number of rotatable bonds is 6. The number of phenolic OH excluding ortho intramolecular Hbond substituents is 13. The Kier molecular flexibility index (Phi) is 9.11. The van der Waals surface area contributed by atoms with Crippen molar-refractivity contribution in [2.24, 2.45) is 0 Å². The molecule has 0 amide bonds. The summed E-state index contributed by atoms with van der Waals surface area (Å²) in [6.07, 6.45) is 0. The quantitative estimate of drug-likeness (QED) is 0.0471. The van der Waals surface area contributed by atoms with Gasteiger partial charge in [-0.3, -0.25) is 0 Å². The van der Waals surface area contributed by atoms with Crippen molar-refractivity contribution in [3.05, 3.63) is 91.0 Å². The summed E-state index contributed by atoms with van der Waals surface area (Å²) in [4.78, 5) is 13.5. The third-order valence-electron chi connectivity index (χ3n) is 10.8. The summed E-state index contributed by atoms with van der Waals surface area (Å²) in [6.45, 7) is 0. The highest BCUT2D eigenvalue weighted by Gasteiger charge is 2.37. The number of benzene rings is 7. The lowest BCUT2D eigenvalue weighted by Gasteiger charge is -2.20. The molecule has 0 fully saturated rings. The molecule has 13 N–H and O–H groups in total. The van der Waals surface area contributed by atoms with Crippen molar-refractivity contribution < 1.29 is 66.4 Å². The van der Waals surface area contributed by atoms with Crippen LogP contribution in [0.5, 0.6) is 74.7 Å². The Labute approximate surface area is 358 Å². The van der Waals surface area contributed by atoms with Crippen molar-refractivity contribution in [2.75, 3.05) is 0 Å². The summed E-state index contributed by atoms with van der Waals surface area (Å²) in [5.41, 5.74) is -1.81. The number of phenols is 13. The molecule has 0 atom stereocenters. The third-order valence-corrected chi connectivity index (χ3v) is 11.9. The van der Waals surface area contributed by atoms with Gasteiger partial charge in [0, 0.05) is 21.2 Å². The van der Waals surface area contributed by atoms with E-state index in [9.17, 15) is 66.4 Å². The maximum Gasteiger partial charge on any atom is 0.201 e. The van der Waals surface area contributed by atoms with Crippen LogP contribution in [0.2, 0.25) is 0 Å². The largest absolute Gasteiger partial charge is 0.508 e. The molecule has 16 nitrogen and oxygen atoms in total. The Bertz CT molecular complexity index is 3330. The standard InChI is InChI=1S/C45H30BN3O13S/c46-29-20(50)15-21-22(30(29)51)26-37(58)41(62)38(59)27(42(26)63-21)25-35(56)31(52)23(32(53)36(25)57)24-33(54)39(60)28(40(61)34(24)55)45-48-43(18-9-5-2-6-10-18)47-44(49-45)19-13-11-17(12-14-19)16-7-3-1-4-8-16/h1-15,50-62H,46H2. The van der Waals surface area contributed by atoms with Gasteiger partial charge in [0.2, 0.25) is 5.75 Å². The Morgan fingerprint density at radius 1 is 0.349 bits per heavy atom. The van der Waals surface area contributed by atoms with Gasteiger partial charge in [-0.1, -0.05) is 84.9 Å². The number of hydrogen-bond donors (Lipinski definition) is 13. The molecular formula is C45H30BN3O13S. The van der Waals surface area contributed by atoms with Crippen LogP contribution < -0.4 is 5.46 Å². The predicted octanol–water partition coefficient (Wildman–Crippen LogP) is 6.67. The van der Waals surface area contributed by atoms with Crippen LogP contribution in [-0.4, -0.2) is 89.2 Å². The van der Waals surface area contributed by atoms with Crippen LogP contribution in [0, 0.1) is 0 Å². The zero-order chi connectivity index (χ0) is 44.8. The maximum absolute atomic E-state index is 11.5. The molecule has 312 valence electrons. The fraction of sp³-hybridized carbons (Fsp3) is 0. The molecule has 18 heteroatoms. The summed E-state index contributed by atoms with van der Waals surface area (Å²) >= 11 is 0.695. The van der Waals surface area contributed by atoms with Crippen molar-refractivity contribution >= 4 is 44.8 Å². The van der Waals surface area contributed by atoms with Gasteiger partial charge in [-0.25, -0.2) is 15.0 Å². The molecule has 0 aliphatic rings. The van der Waals surface area contributed by atoms with E-state index < -0.39 is 103 Å². The van der Waals surface area contributed by atoms with E-state index in [-0.39, 0.29) is 43.0 Å². The number of aromatic nitrogens is 3. The van der Waals surface area contributed by atoms with E-state index in [1.54, 1.807) is 42.5 Å². The number of fused-ring (bicyclic) bond motifs is 3. The molecule has 63 heavy (non-hydrogen) atoms. The number of hydrogen-bond acceptors (Lipinski definition) is 17. The van der Waals surface area contributed by atoms with Crippen molar-refractivity contribution in [1.82, 2.24) is 15.0 Å². The van der Waals surface area contributed by atoms with Gasteiger partial charge in [0.05, 0.1) is 32.3 Å². The van der Waals surface area contributed by atoms with E-state index in [1.807, 2.05) is 42.5 Å². The first-order valence-corrected chi connectivity index (χ1v) is 19.4. The van der Waals surface area contributed by atoms with Crippen LogP contribution >= 0.6 is 11.3 Å². The number of nitrogens with zero attached hydrogens (tertiary/aromatic N) is 3. The molecular weight excluding hydrogens is 833 g/mol. The smallest absolute Gasteiger partial charge is 0.201 e. The SMILES string of the molecule is Bc1c(O)cc2sc3c(-c4c(O)c(O)c(-c5c(O)c(O)c(-c6nc(-c7ccccc7)nc(-c7ccc(-c8ccccc8)cc7)n6)c(O)c5O)c(O)c4O)c(O)c(O)c(O)c3c2c1O. The van der Waals surface area contributed by atoms with Crippen LogP contribution in [0.25, 0.3) is 87.7 Å². The summed E-state index contributed by atoms with van der Waals surface area (Å²) in [7, 11) is 1.36. The van der Waals surface area contributed by atoms with Crippen molar-refractivity contribution in [3.63, 3.8) is 0 Å². The van der Waals surface area contributed by atoms with Gasteiger partial charge in [0.1, 0.15) is 24.9 Å². The van der Waals surface area contributed by atoms with Crippen LogP contribution in [0.15, 0.2) is 91.0 Å². The Hall–Kier alpha value is -8.77.